The average Bonchev–Trinajstić information content (AvgIpc) is 2.79. The largest absolute Gasteiger partial charge is 0.389 e. The fourth-order valence-electron chi connectivity index (χ4n) is 2.64. The van der Waals surface area contributed by atoms with Gasteiger partial charge in [0.15, 0.2) is 5.82 Å². The highest BCUT2D eigenvalue weighted by atomic mass is 16.3. The van der Waals surface area contributed by atoms with Gasteiger partial charge in [0.25, 0.3) is 0 Å². The molecule has 0 aliphatic carbocycles. The first-order valence-corrected chi connectivity index (χ1v) is 7.45. The molecular formula is C16H24N4O2. The number of hydrogen-bond acceptors (Lipinski definition) is 5. The minimum absolute atomic E-state index is 0.221. The van der Waals surface area contributed by atoms with Crippen LogP contribution in [0.5, 0.6) is 0 Å². The molecule has 4 N–H and O–H groups in total. The van der Waals surface area contributed by atoms with E-state index in [1.807, 2.05) is 30.6 Å². The van der Waals surface area contributed by atoms with Gasteiger partial charge in [-0.3, -0.25) is 0 Å². The van der Waals surface area contributed by atoms with Gasteiger partial charge in [-0.05, 0) is 27.2 Å². The van der Waals surface area contributed by atoms with Crippen LogP contribution in [0.4, 0.5) is 5.82 Å². The first-order chi connectivity index (χ1) is 10.3. The number of aryl methyl sites for hydroxylation is 1. The second kappa shape index (κ2) is 6.06. The van der Waals surface area contributed by atoms with Crippen molar-refractivity contribution < 1.29 is 10.2 Å². The Morgan fingerprint density at radius 3 is 2.50 bits per heavy atom. The molecule has 0 radical (unpaired) electrons. The number of imidazole rings is 1. The first-order valence-electron chi connectivity index (χ1n) is 7.45. The molecule has 6 nitrogen and oxygen atoms in total. The van der Waals surface area contributed by atoms with Gasteiger partial charge in [0.05, 0.1) is 23.4 Å². The summed E-state index contributed by atoms with van der Waals surface area (Å²) in [5.74, 6) is 0.828. The third kappa shape index (κ3) is 2.98. The number of aliphatic hydroxyl groups is 2. The standard InChI is InChI=1S/C16H24N4O2/c1-5-7-10-11(6-2)18-15(17)13-14(10)20(9-16(3,4)22)12(8-21)19-13/h5,7,21-22H,6,8-9H2,1-4H3,(H2,17,18)/b7-5-. The van der Waals surface area contributed by atoms with Crippen molar-refractivity contribution in [2.24, 2.45) is 0 Å². The van der Waals surface area contributed by atoms with E-state index in [-0.39, 0.29) is 6.61 Å². The van der Waals surface area contributed by atoms with E-state index in [1.165, 1.54) is 0 Å². The van der Waals surface area contributed by atoms with Crippen LogP contribution in [0.25, 0.3) is 17.1 Å². The van der Waals surface area contributed by atoms with Crippen molar-refractivity contribution in [2.45, 2.75) is 52.9 Å². The highest BCUT2D eigenvalue weighted by Gasteiger charge is 2.23. The van der Waals surface area contributed by atoms with Crippen LogP contribution in [-0.2, 0) is 19.6 Å². The molecule has 0 aliphatic rings. The van der Waals surface area contributed by atoms with Crippen molar-refractivity contribution in [1.29, 1.82) is 0 Å². The van der Waals surface area contributed by atoms with E-state index in [1.54, 1.807) is 13.8 Å². The molecule has 0 saturated carbocycles. The summed E-state index contributed by atoms with van der Waals surface area (Å²) in [5, 5.41) is 19.8. The Morgan fingerprint density at radius 1 is 1.32 bits per heavy atom. The zero-order chi connectivity index (χ0) is 16.5. The van der Waals surface area contributed by atoms with Crippen LogP contribution in [0.2, 0.25) is 0 Å². The molecule has 2 aromatic heterocycles. The van der Waals surface area contributed by atoms with Crippen LogP contribution in [0.3, 0.4) is 0 Å². The van der Waals surface area contributed by atoms with Gasteiger partial charge in [-0.2, -0.15) is 0 Å². The van der Waals surface area contributed by atoms with Crippen molar-refractivity contribution in [1.82, 2.24) is 14.5 Å². The fourth-order valence-corrected chi connectivity index (χ4v) is 2.64. The Morgan fingerprint density at radius 2 is 2.00 bits per heavy atom. The Labute approximate surface area is 130 Å². The molecule has 0 bridgehead atoms. The Balaban J connectivity index is 2.88. The molecule has 2 rings (SSSR count). The molecule has 6 heteroatoms. The lowest BCUT2D eigenvalue weighted by Gasteiger charge is -2.21. The number of aromatic nitrogens is 3. The van der Waals surface area contributed by atoms with Crippen molar-refractivity contribution in [3.63, 3.8) is 0 Å². The minimum Gasteiger partial charge on any atom is -0.389 e. The summed E-state index contributed by atoms with van der Waals surface area (Å²) in [6.07, 6.45) is 4.64. The lowest BCUT2D eigenvalue weighted by molar-refractivity contribution is 0.0606. The minimum atomic E-state index is -0.935. The third-order valence-electron chi connectivity index (χ3n) is 3.47. The summed E-state index contributed by atoms with van der Waals surface area (Å²) in [6, 6.07) is 0. The summed E-state index contributed by atoms with van der Waals surface area (Å²) in [6.45, 7) is 7.49. The number of aliphatic hydroxyl groups excluding tert-OH is 1. The van der Waals surface area contributed by atoms with E-state index in [2.05, 4.69) is 9.97 Å². The number of hydrogen-bond donors (Lipinski definition) is 3. The molecule has 0 amide bonds. The van der Waals surface area contributed by atoms with Gasteiger partial charge in [0, 0.05) is 5.56 Å². The zero-order valence-electron chi connectivity index (χ0n) is 13.6. The molecular weight excluding hydrogens is 280 g/mol. The molecule has 0 aliphatic heterocycles. The number of nitrogens with two attached hydrogens (primary N) is 1. The second-order valence-electron chi connectivity index (χ2n) is 5.99. The lowest BCUT2D eigenvalue weighted by Crippen LogP contribution is -2.27. The van der Waals surface area contributed by atoms with E-state index in [9.17, 15) is 10.2 Å². The van der Waals surface area contributed by atoms with Gasteiger partial charge >= 0.3 is 0 Å². The zero-order valence-corrected chi connectivity index (χ0v) is 13.6. The molecule has 22 heavy (non-hydrogen) atoms. The Bertz CT molecular complexity index is 711. The Kier molecular flexibility index (Phi) is 4.53. The maximum Gasteiger partial charge on any atom is 0.151 e. The molecule has 0 fully saturated rings. The molecule has 0 atom stereocenters. The molecule has 120 valence electrons. The van der Waals surface area contributed by atoms with Crippen molar-refractivity contribution >= 4 is 22.9 Å². The highest BCUT2D eigenvalue weighted by Crippen LogP contribution is 2.29. The van der Waals surface area contributed by atoms with E-state index in [4.69, 9.17) is 5.73 Å². The van der Waals surface area contributed by atoms with Crippen molar-refractivity contribution in [3.8, 4) is 0 Å². The average molecular weight is 304 g/mol. The van der Waals surface area contributed by atoms with Crippen molar-refractivity contribution in [2.75, 3.05) is 5.73 Å². The number of nitrogens with zero attached hydrogens (tertiary/aromatic N) is 3. The smallest absolute Gasteiger partial charge is 0.151 e. The predicted molar refractivity (Wildman–Crippen MR) is 88.2 cm³/mol. The molecule has 0 unspecified atom stereocenters. The summed E-state index contributed by atoms with van der Waals surface area (Å²) in [7, 11) is 0. The van der Waals surface area contributed by atoms with E-state index in [0.29, 0.717) is 23.7 Å². The molecule has 0 spiro atoms. The highest BCUT2D eigenvalue weighted by molar-refractivity contribution is 5.93. The van der Waals surface area contributed by atoms with E-state index in [0.717, 1.165) is 23.2 Å². The van der Waals surface area contributed by atoms with Crippen LogP contribution < -0.4 is 5.73 Å². The maximum atomic E-state index is 10.2. The first kappa shape index (κ1) is 16.5. The Hall–Kier alpha value is -1.92. The number of rotatable bonds is 5. The van der Waals surface area contributed by atoms with Gasteiger partial charge in [-0.25, -0.2) is 9.97 Å². The number of allylic oxidation sites excluding steroid dienone is 1. The van der Waals surface area contributed by atoms with Crippen LogP contribution in [0.15, 0.2) is 6.08 Å². The number of pyridine rings is 1. The summed E-state index contributed by atoms with van der Waals surface area (Å²) in [5.41, 5.74) is 8.30. The van der Waals surface area contributed by atoms with Crippen LogP contribution >= 0.6 is 0 Å². The van der Waals surface area contributed by atoms with Crippen LogP contribution in [0.1, 0.15) is 44.8 Å². The summed E-state index contributed by atoms with van der Waals surface area (Å²) >= 11 is 0. The number of fused-ring (bicyclic) bond motifs is 1. The quantitative estimate of drug-likeness (QED) is 0.783. The van der Waals surface area contributed by atoms with Crippen LogP contribution in [0, 0.1) is 0 Å². The van der Waals surface area contributed by atoms with Crippen LogP contribution in [-0.4, -0.2) is 30.3 Å². The van der Waals surface area contributed by atoms with E-state index < -0.39 is 5.60 Å². The van der Waals surface area contributed by atoms with Gasteiger partial charge in [0.2, 0.25) is 0 Å². The third-order valence-corrected chi connectivity index (χ3v) is 3.47. The predicted octanol–water partition coefficient (Wildman–Crippen LogP) is 1.87. The summed E-state index contributed by atoms with van der Waals surface area (Å²) in [4.78, 5) is 8.84. The van der Waals surface area contributed by atoms with Gasteiger partial charge < -0.3 is 20.5 Å². The van der Waals surface area contributed by atoms with Gasteiger partial charge in [0.1, 0.15) is 17.9 Å². The SMILES string of the molecule is C/C=C\c1c(CC)nc(N)c2nc(CO)n(CC(C)(C)O)c12. The van der Waals surface area contributed by atoms with E-state index >= 15 is 0 Å². The number of anilines is 1. The summed E-state index contributed by atoms with van der Waals surface area (Å²) < 4.78 is 1.84. The fraction of sp³-hybridized carbons (Fsp3) is 0.500. The molecule has 0 saturated heterocycles. The maximum absolute atomic E-state index is 10.2. The molecule has 0 aromatic carbocycles. The van der Waals surface area contributed by atoms with Gasteiger partial charge in [-0.15, -0.1) is 0 Å². The van der Waals surface area contributed by atoms with Gasteiger partial charge in [-0.1, -0.05) is 19.1 Å². The topological polar surface area (TPSA) is 97.2 Å². The van der Waals surface area contributed by atoms with Crippen molar-refractivity contribution in [3.05, 3.63) is 23.2 Å². The number of nitrogen functional groups attached to an aromatic ring is 1. The monoisotopic (exact) mass is 304 g/mol. The molecule has 2 aromatic rings. The second-order valence-corrected chi connectivity index (χ2v) is 5.99. The lowest BCUT2D eigenvalue weighted by atomic mass is 10.1. The molecule has 2 heterocycles. The normalized spacial score (nSPS) is 12.6.